The van der Waals surface area contributed by atoms with Crippen LogP contribution in [-0.2, 0) is 11.3 Å². The van der Waals surface area contributed by atoms with Gasteiger partial charge in [-0.25, -0.2) is 4.98 Å². The molecule has 1 amide bonds. The minimum Gasteiger partial charge on any atom is -0.342 e. The van der Waals surface area contributed by atoms with E-state index in [0.717, 1.165) is 19.5 Å². The summed E-state index contributed by atoms with van der Waals surface area (Å²) >= 11 is 0. The summed E-state index contributed by atoms with van der Waals surface area (Å²) in [6.07, 6.45) is 7.19. The molecule has 2 N–H and O–H groups in total. The van der Waals surface area contributed by atoms with Gasteiger partial charge in [-0.2, -0.15) is 5.10 Å². The number of fused-ring (bicyclic) bond motifs is 1. The molecule has 1 saturated carbocycles. The molecule has 1 saturated heterocycles. The van der Waals surface area contributed by atoms with E-state index >= 15 is 0 Å². The molecule has 3 rings (SSSR count). The van der Waals surface area contributed by atoms with Crippen molar-refractivity contribution in [1.29, 1.82) is 0 Å². The van der Waals surface area contributed by atoms with Gasteiger partial charge < -0.3 is 10.6 Å². The van der Waals surface area contributed by atoms with Gasteiger partial charge in [-0.3, -0.25) is 9.48 Å². The third-order valence-electron chi connectivity index (χ3n) is 4.53. The smallest absolute Gasteiger partial charge is 0.224 e. The zero-order chi connectivity index (χ0) is 13.2. The molecule has 0 aromatic carbocycles. The summed E-state index contributed by atoms with van der Waals surface area (Å²) in [6, 6.07) is 0.284. The molecule has 2 fully saturated rings. The second kappa shape index (κ2) is 6.54. The predicted octanol–water partition coefficient (Wildman–Crippen LogP) is 0.676. The molecular weight excluding hydrogens is 278 g/mol. The molecular formula is C13H22ClN5O. The van der Waals surface area contributed by atoms with Crippen LogP contribution in [0.2, 0.25) is 0 Å². The van der Waals surface area contributed by atoms with Crippen molar-refractivity contribution in [2.24, 2.45) is 17.6 Å². The number of carbonyl (C=O) groups excluding carboxylic acids is 1. The molecule has 2 aliphatic rings. The molecule has 1 aliphatic carbocycles. The Kier molecular flexibility index (Phi) is 4.99. The van der Waals surface area contributed by atoms with Crippen molar-refractivity contribution in [2.75, 3.05) is 13.1 Å². The first-order valence-electron chi connectivity index (χ1n) is 7.10. The van der Waals surface area contributed by atoms with Crippen LogP contribution in [-0.4, -0.2) is 44.7 Å². The third-order valence-corrected chi connectivity index (χ3v) is 4.53. The first-order chi connectivity index (χ1) is 9.24. The normalized spacial score (nSPS) is 28.9. The monoisotopic (exact) mass is 299 g/mol. The Labute approximate surface area is 125 Å². The molecule has 1 aliphatic heterocycles. The fourth-order valence-corrected chi connectivity index (χ4v) is 3.44. The van der Waals surface area contributed by atoms with Gasteiger partial charge in [0, 0.05) is 25.6 Å². The van der Waals surface area contributed by atoms with Gasteiger partial charge in [-0.15, -0.1) is 12.4 Å². The Morgan fingerprint density at radius 2 is 2.20 bits per heavy atom. The number of nitrogens with zero attached hydrogens (tertiary/aromatic N) is 4. The number of aromatic nitrogens is 3. The summed E-state index contributed by atoms with van der Waals surface area (Å²) in [6.45, 7) is 2.35. The number of carbonyl (C=O) groups is 1. The summed E-state index contributed by atoms with van der Waals surface area (Å²) in [7, 11) is 0. The zero-order valence-corrected chi connectivity index (χ0v) is 12.3. The van der Waals surface area contributed by atoms with Gasteiger partial charge in [0.25, 0.3) is 0 Å². The largest absolute Gasteiger partial charge is 0.342 e. The van der Waals surface area contributed by atoms with Gasteiger partial charge in [-0.05, 0) is 24.7 Å². The van der Waals surface area contributed by atoms with E-state index < -0.39 is 0 Å². The van der Waals surface area contributed by atoms with Crippen LogP contribution in [0.5, 0.6) is 0 Å². The third kappa shape index (κ3) is 3.12. The van der Waals surface area contributed by atoms with Crippen LogP contribution in [0.3, 0.4) is 0 Å². The summed E-state index contributed by atoms with van der Waals surface area (Å²) in [4.78, 5) is 18.1. The molecule has 112 valence electrons. The van der Waals surface area contributed by atoms with Crippen LogP contribution >= 0.6 is 12.4 Å². The maximum atomic E-state index is 12.2. The van der Waals surface area contributed by atoms with E-state index in [-0.39, 0.29) is 24.4 Å². The first-order valence-corrected chi connectivity index (χ1v) is 7.10. The minimum absolute atomic E-state index is 0. The van der Waals surface area contributed by atoms with Crippen molar-refractivity contribution in [3.8, 4) is 0 Å². The molecule has 1 aromatic rings. The molecule has 0 bridgehead atoms. The average molecular weight is 300 g/mol. The maximum absolute atomic E-state index is 12.2. The van der Waals surface area contributed by atoms with E-state index in [1.165, 1.54) is 19.2 Å². The average Bonchev–Trinajstić information content (AvgIpc) is 3.05. The van der Waals surface area contributed by atoms with Crippen molar-refractivity contribution in [2.45, 2.75) is 38.3 Å². The van der Waals surface area contributed by atoms with Crippen molar-refractivity contribution < 1.29 is 4.79 Å². The van der Waals surface area contributed by atoms with E-state index in [1.807, 2.05) is 4.90 Å². The minimum atomic E-state index is 0. The Hall–Kier alpha value is -1.14. The summed E-state index contributed by atoms with van der Waals surface area (Å²) in [5.41, 5.74) is 6.17. The molecule has 7 heteroatoms. The molecule has 3 unspecified atom stereocenters. The SMILES string of the molecule is Cl.NC1CCCC2CN(C(=O)CCn3cncn3)CC12. The van der Waals surface area contributed by atoms with E-state index in [2.05, 4.69) is 10.1 Å². The highest BCUT2D eigenvalue weighted by molar-refractivity contribution is 5.85. The fraction of sp³-hybridized carbons (Fsp3) is 0.769. The molecule has 2 heterocycles. The van der Waals surface area contributed by atoms with E-state index in [0.29, 0.717) is 24.8 Å². The lowest BCUT2D eigenvalue weighted by molar-refractivity contribution is -0.130. The van der Waals surface area contributed by atoms with Gasteiger partial charge in [0.15, 0.2) is 0 Å². The Bertz CT molecular complexity index is 438. The van der Waals surface area contributed by atoms with Gasteiger partial charge in [0.05, 0.1) is 6.54 Å². The number of aryl methyl sites for hydroxylation is 1. The number of likely N-dealkylation sites (tertiary alicyclic amines) is 1. The number of hydrogen-bond acceptors (Lipinski definition) is 4. The fourth-order valence-electron chi connectivity index (χ4n) is 3.44. The molecule has 3 atom stereocenters. The van der Waals surface area contributed by atoms with Crippen LogP contribution in [0.4, 0.5) is 0 Å². The number of rotatable bonds is 3. The summed E-state index contributed by atoms with van der Waals surface area (Å²) in [5.74, 6) is 1.36. The second-order valence-corrected chi connectivity index (χ2v) is 5.73. The highest BCUT2D eigenvalue weighted by atomic mass is 35.5. The van der Waals surface area contributed by atoms with E-state index in [9.17, 15) is 4.79 Å². The standard InChI is InChI=1S/C13H21N5O.ClH/c14-12-3-1-2-10-6-17(7-11(10)12)13(19)4-5-18-9-15-8-16-18;/h8-12H,1-7,14H2;1H. The first kappa shape index (κ1) is 15.3. The molecule has 0 spiro atoms. The van der Waals surface area contributed by atoms with Gasteiger partial charge in [-0.1, -0.05) is 6.42 Å². The maximum Gasteiger partial charge on any atom is 0.224 e. The van der Waals surface area contributed by atoms with E-state index in [4.69, 9.17) is 5.73 Å². The van der Waals surface area contributed by atoms with Crippen molar-refractivity contribution in [1.82, 2.24) is 19.7 Å². The number of amides is 1. The topological polar surface area (TPSA) is 77.0 Å². The number of nitrogens with two attached hydrogens (primary N) is 1. The van der Waals surface area contributed by atoms with E-state index in [1.54, 1.807) is 11.0 Å². The van der Waals surface area contributed by atoms with Crippen LogP contribution in [0.1, 0.15) is 25.7 Å². The van der Waals surface area contributed by atoms with Gasteiger partial charge >= 0.3 is 0 Å². The van der Waals surface area contributed by atoms with Crippen LogP contribution in [0.15, 0.2) is 12.7 Å². The summed E-state index contributed by atoms with van der Waals surface area (Å²) < 4.78 is 1.70. The van der Waals surface area contributed by atoms with Crippen molar-refractivity contribution in [3.05, 3.63) is 12.7 Å². The summed E-state index contributed by atoms with van der Waals surface area (Å²) in [5, 5.41) is 4.01. The zero-order valence-electron chi connectivity index (χ0n) is 11.5. The van der Waals surface area contributed by atoms with Crippen molar-refractivity contribution in [3.63, 3.8) is 0 Å². The highest BCUT2D eigenvalue weighted by Gasteiger charge is 2.40. The molecule has 1 aromatic heterocycles. The molecule has 20 heavy (non-hydrogen) atoms. The lowest BCUT2D eigenvalue weighted by Gasteiger charge is -2.29. The lowest BCUT2D eigenvalue weighted by atomic mass is 9.78. The highest BCUT2D eigenvalue weighted by Crippen LogP contribution is 2.35. The van der Waals surface area contributed by atoms with Gasteiger partial charge in [0.1, 0.15) is 12.7 Å². The van der Waals surface area contributed by atoms with Gasteiger partial charge in [0.2, 0.25) is 5.91 Å². The Morgan fingerprint density at radius 1 is 1.35 bits per heavy atom. The quantitative estimate of drug-likeness (QED) is 0.890. The van der Waals surface area contributed by atoms with Crippen LogP contribution in [0, 0.1) is 11.8 Å². The Morgan fingerprint density at radius 3 is 2.90 bits per heavy atom. The van der Waals surface area contributed by atoms with Crippen LogP contribution < -0.4 is 5.73 Å². The van der Waals surface area contributed by atoms with Crippen LogP contribution in [0.25, 0.3) is 0 Å². The second-order valence-electron chi connectivity index (χ2n) is 5.73. The number of halogens is 1. The Balaban J connectivity index is 0.00000147. The lowest BCUT2D eigenvalue weighted by Crippen LogP contribution is -2.38. The van der Waals surface area contributed by atoms with Crippen molar-refractivity contribution >= 4 is 18.3 Å². The number of hydrogen-bond donors (Lipinski definition) is 1. The molecule has 6 nitrogen and oxygen atoms in total. The molecule has 0 radical (unpaired) electrons. The predicted molar refractivity (Wildman–Crippen MR) is 77.3 cm³/mol.